The third-order valence-electron chi connectivity index (χ3n) is 5.10. The van der Waals surface area contributed by atoms with Gasteiger partial charge in [0.15, 0.2) is 5.65 Å². The zero-order valence-electron chi connectivity index (χ0n) is 17.9. The van der Waals surface area contributed by atoms with Crippen molar-refractivity contribution in [3.63, 3.8) is 0 Å². The van der Waals surface area contributed by atoms with Gasteiger partial charge in [0.25, 0.3) is 0 Å². The summed E-state index contributed by atoms with van der Waals surface area (Å²) in [7, 11) is 0. The van der Waals surface area contributed by atoms with Crippen molar-refractivity contribution >= 4 is 11.6 Å². The SMILES string of the molecule is Cc1nc2c(C#N)cnn2c(C)c1CCC(=O)NCc1ccccc1COC(C)C. The number of hydrogen-bond donors (Lipinski definition) is 1. The van der Waals surface area contributed by atoms with Crippen molar-refractivity contribution in [2.75, 3.05) is 0 Å². The minimum absolute atomic E-state index is 0.0216. The van der Waals surface area contributed by atoms with Crippen molar-refractivity contribution in [1.82, 2.24) is 19.9 Å². The van der Waals surface area contributed by atoms with E-state index in [1.807, 2.05) is 52.0 Å². The van der Waals surface area contributed by atoms with Gasteiger partial charge in [0, 0.05) is 24.4 Å². The first-order valence-corrected chi connectivity index (χ1v) is 10.1. The molecule has 0 aliphatic carbocycles. The van der Waals surface area contributed by atoms with Crippen LogP contribution in [0.5, 0.6) is 0 Å². The van der Waals surface area contributed by atoms with Gasteiger partial charge in [0.2, 0.25) is 5.91 Å². The zero-order chi connectivity index (χ0) is 21.7. The summed E-state index contributed by atoms with van der Waals surface area (Å²) in [4.78, 5) is 17.0. The minimum atomic E-state index is -0.0216. The Kier molecular flexibility index (Phi) is 6.80. The topological polar surface area (TPSA) is 92.3 Å². The summed E-state index contributed by atoms with van der Waals surface area (Å²) >= 11 is 0. The van der Waals surface area contributed by atoms with Crippen LogP contribution in [0.2, 0.25) is 0 Å². The lowest BCUT2D eigenvalue weighted by Crippen LogP contribution is -2.24. The van der Waals surface area contributed by atoms with E-state index in [4.69, 9.17) is 4.74 Å². The maximum absolute atomic E-state index is 12.5. The van der Waals surface area contributed by atoms with Crippen molar-refractivity contribution < 1.29 is 9.53 Å². The molecule has 0 aliphatic heterocycles. The summed E-state index contributed by atoms with van der Waals surface area (Å²) in [6.45, 7) is 8.85. The van der Waals surface area contributed by atoms with Gasteiger partial charge < -0.3 is 10.1 Å². The number of aromatic nitrogens is 3. The first-order chi connectivity index (χ1) is 14.4. The van der Waals surface area contributed by atoms with Crippen LogP contribution in [-0.4, -0.2) is 26.6 Å². The summed E-state index contributed by atoms with van der Waals surface area (Å²) < 4.78 is 7.37. The van der Waals surface area contributed by atoms with Gasteiger partial charge in [-0.15, -0.1) is 0 Å². The number of nitrogens with one attached hydrogen (secondary N) is 1. The van der Waals surface area contributed by atoms with E-state index in [0.29, 0.717) is 37.2 Å². The van der Waals surface area contributed by atoms with Gasteiger partial charge in [-0.1, -0.05) is 24.3 Å². The molecule has 1 amide bonds. The molecule has 1 aromatic carbocycles. The summed E-state index contributed by atoms with van der Waals surface area (Å²) in [6, 6.07) is 10.1. The largest absolute Gasteiger partial charge is 0.374 e. The van der Waals surface area contributed by atoms with Crippen LogP contribution in [0.4, 0.5) is 0 Å². The van der Waals surface area contributed by atoms with Gasteiger partial charge in [-0.3, -0.25) is 4.79 Å². The Hall–Kier alpha value is -3.24. The number of fused-ring (bicyclic) bond motifs is 1. The van der Waals surface area contributed by atoms with E-state index in [1.54, 1.807) is 4.52 Å². The highest BCUT2D eigenvalue weighted by atomic mass is 16.5. The second kappa shape index (κ2) is 9.51. The number of carbonyl (C=O) groups excluding carboxylic acids is 1. The molecule has 0 saturated heterocycles. The predicted molar refractivity (Wildman–Crippen MR) is 114 cm³/mol. The molecule has 0 saturated carbocycles. The molecule has 0 radical (unpaired) electrons. The molecular weight excluding hydrogens is 378 g/mol. The summed E-state index contributed by atoms with van der Waals surface area (Å²) in [5.41, 5.74) is 5.86. The summed E-state index contributed by atoms with van der Waals surface area (Å²) in [5.74, 6) is -0.0216. The molecule has 3 rings (SSSR count). The molecule has 7 nitrogen and oxygen atoms in total. The standard InChI is InChI=1S/C23H27N5O2/c1-15(2)30-14-19-8-6-5-7-18(19)12-25-22(29)10-9-21-16(3)27-23-20(11-24)13-26-28(23)17(21)4/h5-8,13,15H,9-10,12,14H2,1-4H3,(H,25,29). The highest BCUT2D eigenvalue weighted by molar-refractivity contribution is 5.76. The van der Waals surface area contributed by atoms with E-state index >= 15 is 0 Å². The van der Waals surface area contributed by atoms with Gasteiger partial charge in [-0.05, 0) is 50.8 Å². The first kappa shape index (κ1) is 21.5. The van der Waals surface area contributed by atoms with Crippen LogP contribution in [0, 0.1) is 25.2 Å². The summed E-state index contributed by atoms with van der Waals surface area (Å²) in [5, 5.41) is 16.4. The lowest BCUT2D eigenvalue weighted by molar-refractivity contribution is -0.121. The molecule has 3 aromatic rings. The molecule has 30 heavy (non-hydrogen) atoms. The molecule has 0 atom stereocenters. The minimum Gasteiger partial charge on any atom is -0.374 e. The predicted octanol–water partition coefficient (Wildman–Crippen LogP) is 3.39. The number of nitrogens with zero attached hydrogens (tertiary/aromatic N) is 4. The number of carbonyl (C=O) groups is 1. The Bertz CT molecular complexity index is 1090. The molecule has 0 unspecified atom stereocenters. The average molecular weight is 406 g/mol. The fraction of sp³-hybridized carbons (Fsp3) is 0.391. The molecular formula is C23H27N5O2. The molecule has 1 N–H and O–H groups in total. The fourth-order valence-corrected chi connectivity index (χ4v) is 3.40. The molecule has 2 heterocycles. The molecule has 0 spiro atoms. The van der Waals surface area contributed by atoms with Crippen LogP contribution >= 0.6 is 0 Å². The van der Waals surface area contributed by atoms with Gasteiger partial charge in [0.1, 0.15) is 11.6 Å². The lowest BCUT2D eigenvalue weighted by Gasteiger charge is -2.14. The fourth-order valence-electron chi connectivity index (χ4n) is 3.40. The van der Waals surface area contributed by atoms with Crippen molar-refractivity contribution in [1.29, 1.82) is 5.26 Å². The summed E-state index contributed by atoms with van der Waals surface area (Å²) in [6.07, 6.45) is 2.59. The van der Waals surface area contributed by atoms with Crippen LogP contribution < -0.4 is 5.32 Å². The van der Waals surface area contributed by atoms with E-state index in [0.717, 1.165) is 28.1 Å². The van der Waals surface area contributed by atoms with Crippen molar-refractivity contribution in [3.05, 3.63) is 64.1 Å². The highest BCUT2D eigenvalue weighted by Gasteiger charge is 2.15. The third kappa shape index (κ3) is 4.84. The number of benzene rings is 1. The van der Waals surface area contributed by atoms with Crippen LogP contribution in [0.1, 0.15) is 53.9 Å². The highest BCUT2D eigenvalue weighted by Crippen LogP contribution is 2.18. The number of rotatable bonds is 8. The van der Waals surface area contributed by atoms with Crippen LogP contribution in [0.25, 0.3) is 5.65 Å². The third-order valence-corrected chi connectivity index (χ3v) is 5.10. The van der Waals surface area contributed by atoms with E-state index < -0.39 is 0 Å². The second-order valence-corrected chi connectivity index (χ2v) is 7.57. The van der Waals surface area contributed by atoms with E-state index in [2.05, 4.69) is 21.5 Å². The normalized spacial score (nSPS) is 11.1. The number of nitriles is 1. The van der Waals surface area contributed by atoms with Crippen molar-refractivity contribution in [2.24, 2.45) is 0 Å². The lowest BCUT2D eigenvalue weighted by atomic mass is 10.1. The van der Waals surface area contributed by atoms with Crippen molar-refractivity contribution in [2.45, 2.75) is 59.8 Å². The van der Waals surface area contributed by atoms with Crippen molar-refractivity contribution in [3.8, 4) is 6.07 Å². The second-order valence-electron chi connectivity index (χ2n) is 7.57. The van der Waals surface area contributed by atoms with E-state index in [9.17, 15) is 10.1 Å². The maximum atomic E-state index is 12.5. The maximum Gasteiger partial charge on any atom is 0.220 e. The first-order valence-electron chi connectivity index (χ1n) is 10.1. The van der Waals surface area contributed by atoms with E-state index in [1.165, 1.54) is 6.20 Å². The van der Waals surface area contributed by atoms with Crippen LogP contribution in [0.3, 0.4) is 0 Å². The molecule has 7 heteroatoms. The zero-order valence-corrected chi connectivity index (χ0v) is 17.9. The molecule has 0 fully saturated rings. The Morgan fingerprint density at radius 2 is 2.00 bits per heavy atom. The Morgan fingerprint density at radius 1 is 1.27 bits per heavy atom. The number of hydrogen-bond acceptors (Lipinski definition) is 5. The van der Waals surface area contributed by atoms with Crippen LogP contribution in [-0.2, 0) is 29.1 Å². The Morgan fingerprint density at radius 3 is 2.70 bits per heavy atom. The van der Waals surface area contributed by atoms with Gasteiger partial charge in [-0.25, -0.2) is 9.50 Å². The van der Waals surface area contributed by atoms with Gasteiger partial charge in [0.05, 0.1) is 18.9 Å². The molecule has 156 valence electrons. The van der Waals surface area contributed by atoms with Gasteiger partial charge in [-0.2, -0.15) is 10.4 Å². The monoisotopic (exact) mass is 405 g/mol. The quantitative estimate of drug-likeness (QED) is 0.620. The van der Waals surface area contributed by atoms with Gasteiger partial charge >= 0.3 is 0 Å². The molecule has 0 aliphatic rings. The Labute approximate surface area is 176 Å². The number of aryl methyl sites for hydroxylation is 2. The number of ether oxygens (including phenoxy) is 1. The molecule has 0 bridgehead atoms. The van der Waals surface area contributed by atoms with E-state index in [-0.39, 0.29) is 12.0 Å². The Balaban J connectivity index is 1.63. The molecule has 2 aromatic heterocycles. The average Bonchev–Trinajstić information content (AvgIpc) is 3.14. The number of amides is 1. The smallest absolute Gasteiger partial charge is 0.220 e. The van der Waals surface area contributed by atoms with Crippen LogP contribution in [0.15, 0.2) is 30.5 Å².